The van der Waals surface area contributed by atoms with Crippen LogP contribution in [0.5, 0.6) is 0 Å². The Kier molecular flexibility index (Phi) is 7.92. The smallest absolute Gasteiger partial charge is 0.0433 e. The molecule has 0 aromatic heterocycles. The predicted octanol–water partition coefficient (Wildman–Crippen LogP) is 4.14. The molecule has 0 amide bonds. The van der Waals surface area contributed by atoms with Gasteiger partial charge in [0.15, 0.2) is 0 Å². The van der Waals surface area contributed by atoms with E-state index in [-0.39, 0.29) is 0 Å². The molecule has 0 bridgehead atoms. The van der Waals surface area contributed by atoms with Crippen molar-refractivity contribution in [1.29, 1.82) is 0 Å². The molecule has 0 aliphatic carbocycles. The van der Waals surface area contributed by atoms with E-state index < -0.39 is 0 Å². The van der Waals surface area contributed by atoms with E-state index in [4.69, 9.17) is 5.11 Å². The lowest BCUT2D eigenvalue weighted by Gasteiger charge is -2.03. The first kappa shape index (κ1) is 15.2. The van der Waals surface area contributed by atoms with E-state index in [2.05, 4.69) is 58.9 Å². The Morgan fingerprint density at radius 1 is 1.00 bits per heavy atom. The van der Waals surface area contributed by atoms with Crippen LogP contribution in [0, 0.1) is 12.8 Å². The van der Waals surface area contributed by atoms with Crippen LogP contribution < -0.4 is 0 Å². The summed E-state index contributed by atoms with van der Waals surface area (Å²) in [6.45, 7) is 11.1. The van der Waals surface area contributed by atoms with Gasteiger partial charge >= 0.3 is 0 Å². The van der Waals surface area contributed by atoms with Gasteiger partial charge in [0.2, 0.25) is 0 Å². The maximum Gasteiger partial charge on any atom is 0.0433 e. The van der Waals surface area contributed by atoms with Crippen LogP contribution in [0.25, 0.3) is 0 Å². The van der Waals surface area contributed by atoms with Crippen molar-refractivity contribution in [3.8, 4) is 0 Å². The number of hydrogen-bond donors (Lipinski definition) is 1. The minimum absolute atomic E-state index is 0.331. The summed E-state index contributed by atoms with van der Waals surface area (Å²) < 4.78 is 0. The minimum Gasteiger partial charge on any atom is -0.396 e. The van der Waals surface area contributed by atoms with Crippen LogP contribution in [-0.4, -0.2) is 11.7 Å². The molecule has 0 aliphatic heterocycles. The van der Waals surface area contributed by atoms with Crippen LogP contribution in [0.15, 0.2) is 24.3 Å². The molecule has 1 aromatic rings. The van der Waals surface area contributed by atoms with Gasteiger partial charge in [-0.25, -0.2) is 0 Å². The molecule has 0 fully saturated rings. The second-order valence-electron chi connectivity index (χ2n) is 4.97. The number of aryl methyl sites for hydroxylation is 1. The van der Waals surface area contributed by atoms with E-state index in [1.807, 2.05) is 0 Å². The van der Waals surface area contributed by atoms with Crippen LogP contribution in [0.1, 0.15) is 51.2 Å². The normalized spacial score (nSPS) is 10.2. The summed E-state index contributed by atoms with van der Waals surface area (Å²) >= 11 is 0. The number of aliphatic hydroxyl groups excluding tert-OH is 1. The Morgan fingerprint density at radius 2 is 1.50 bits per heavy atom. The molecule has 0 radical (unpaired) electrons. The average molecular weight is 222 g/mol. The Morgan fingerprint density at radius 3 is 1.75 bits per heavy atom. The zero-order valence-corrected chi connectivity index (χ0v) is 11.3. The van der Waals surface area contributed by atoms with Crippen molar-refractivity contribution in [2.45, 2.75) is 47.0 Å². The van der Waals surface area contributed by atoms with E-state index in [0.717, 1.165) is 6.42 Å². The van der Waals surface area contributed by atoms with Gasteiger partial charge < -0.3 is 5.11 Å². The zero-order valence-electron chi connectivity index (χ0n) is 11.3. The number of hydrogen-bond acceptors (Lipinski definition) is 1. The molecule has 1 heteroatoms. The predicted molar refractivity (Wildman–Crippen MR) is 71.8 cm³/mol. The molecule has 1 N–H and O–H groups in total. The highest BCUT2D eigenvalue weighted by molar-refractivity contribution is 5.23. The van der Waals surface area contributed by atoms with Gasteiger partial charge in [-0.3, -0.25) is 0 Å². The molecule has 0 saturated heterocycles. The van der Waals surface area contributed by atoms with E-state index in [0.29, 0.717) is 18.4 Å². The fraction of sp³-hybridized carbons (Fsp3) is 0.600. The lowest BCUT2D eigenvalue weighted by atomic mass is 10.0. The Hall–Kier alpha value is -0.820. The van der Waals surface area contributed by atoms with Crippen LogP contribution in [0.2, 0.25) is 0 Å². The standard InChI is InChI=1S/C10H14.C5H12O/c1-8(2)10-6-4-9(3)5-7-10;1-5(2)3-4-6/h4-8H,1-3H3;5-6H,3-4H2,1-2H3. The summed E-state index contributed by atoms with van der Waals surface area (Å²) in [6.07, 6.45) is 0.931. The van der Waals surface area contributed by atoms with E-state index in [9.17, 15) is 0 Å². The summed E-state index contributed by atoms with van der Waals surface area (Å²) in [5, 5.41) is 8.24. The second-order valence-corrected chi connectivity index (χ2v) is 4.97. The van der Waals surface area contributed by atoms with Crippen LogP contribution in [0.4, 0.5) is 0 Å². The van der Waals surface area contributed by atoms with Crippen molar-refractivity contribution in [3.63, 3.8) is 0 Å². The molecule has 0 saturated carbocycles. The number of rotatable bonds is 3. The van der Waals surface area contributed by atoms with Gasteiger partial charge in [0.25, 0.3) is 0 Å². The highest BCUT2D eigenvalue weighted by atomic mass is 16.2. The summed E-state index contributed by atoms with van der Waals surface area (Å²) in [6, 6.07) is 8.71. The Balaban J connectivity index is 0.000000325. The molecule has 0 heterocycles. The Labute approximate surface area is 101 Å². The van der Waals surface area contributed by atoms with Gasteiger partial charge in [-0.15, -0.1) is 0 Å². The third kappa shape index (κ3) is 7.47. The number of aliphatic hydroxyl groups is 1. The van der Waals surface area contributed by atoms with Crippen molar-refractivity contribution >= 4 is 0 Å². The lowest BCUT2D eigenvalue weighted by Crippen LogP contribution is -1.89. The first-order chi connectivity index (χ1) is 7.47. The maximum atomic E-state index is 8.24. The first-order valence-electron chi connectivity index (χ1n) is 6.14. The topological polar surface area (TPSA) is 20.2 Å². The molecule has 0 spiro atoms. The van der Waals surface area contributed by atoms with E-state index in [1.165, 1.54) is 11.1 Å². The molecule has 1 aromatic carbocycles. The first-order valence-corrected chi connectivity index (χ1v) is 6.14. The van der Waals surface area contributed by atoms with Gasteiger partial charge in [-0.1, -0.05) is 57.5 Å². The molecular formula is C15H26O. The molecule has 16 heavy (non-hydrogen) atoms. The summed E-state index contributed by atoms with van der Waals surface area (Å²) in [5.74, 6) is 1.30. The van der Waals surface area contributed by atoms with E-state index >= 15 is 0 Å². The summed E-state index contributed by atoms with van der Waals surface area (Å²) in [7, 11) is 0. The maximum absolute atomic E-state index is 8.24. The van der Waals surface area contributed by atoms with Crippen molar-refractivity contribution in [2.75, 3.05) is 6.61 Å². The Bertz CT molecular complexity index is 259. The van der Waals surface area contributed by atoms with Gasteiger partial charge in [0.1, 0.15) is 0 Å². The van der Waals surface area contributed by atoms with Gasteiger partial charge in [0, 0.05) is 6.61 Å². The van der Waals surface area contributed by atoms with Gasteiger partial charge in [-0.2, -0.15) is 0 Å². The fourth-order valence-electron chi connectivity index (χ4n) is 1.21. The molecule has 0 aliphatic rings. The van der Waals surface area contributed by atoms with Crippen molar-refractivity contribution in [1.82, 2.24) is 0 Å². The second kappa shape index (κ2) is 8.35. The molecule has 0 unspecified atom stereocenters. The average Bonchev–Trinajstić information content (AvgIpc) is 2.19. The minimum atomic E-state index is 0.331. The fourth-order valence-corrected chi connectivity index (χ4v) is 1.21. The van der Waals surface area contributed by atoms with Crippen molar-refractivity contribution in [2.24, 2.45) is 5.92 Å². The molecule has 0 atom stereocenters. The summed E-state index contributed by atoms with van der Waals surface area (Å²) in [4.78, 5) is 0. The van der Waals surface area contributed by atoms with Crippen LogP contribution in [0.3, 0.4) is 0 Å². The molecule has 92 valence electrons. The quantitative estimate of drug-likeness (QED) is 0.814. The third-order valence-electron chi connectivity index (χ3n) is 2.45. The molecular weight excluding hydrogens is 196 g/mol. The van der Waals surface area contributed by atoms with Crippen LogP contribution >= 0.6 is 0 Å². The highest BCUT2D eigenvalue weighted by Crippen LogP contribution is 2.13. The summed E-state index contributed by atoms with van der Waals surface area (Å²) in [5.41, 5.74) is 2.76. The van der Waals surface area contributed by atoms with Gasteiger partial charge in [0.05, 0.1) is 0 Å². The van der Waals surface area contributed by atoms with Crippen molar-refractivity contribution in [3.05, 3.63) is 35.4 Å². The van der Waals surface area contributed by atoms with Gasteiger partial charge in [-0.05, 0) is 30.7 Å². The molecule has 1 nitrogen and oxygen atoms in total. The van der Waals surface area contributed by atoms with E-state index in [1.54, 1.807) is 0 Å². The molecule has 1 rings (SSSR count). The largest absolute Gasteiger partial charge is 0.396 e. The third-order valence-corrected chi connectivity index (χ3v) is 2.45. The monoisotopic (exact) mass is 222 g/mol. The zero-order chi connectivity index (χ0) is 12.6. The number of benzene rings is 1. The van der Waals surface area contributed by atoms with Crippen LogP contribution in [-0.2, 0) is 0 Å². The van der Waals surface area contributed by atoms with Crippen molar-refractivity contribution < 1.29 is 5.11 Å². The SMILES string of the molecule is CC(C)CCO.Cc1ccc(C(C)C)cc1. The lowest BCUT2D eigenvalue weighted by molar-refractivity contribution is 0.268. The highest BCUT2D eigenvalue weighted by Gasteiger charge is 1.95.